The van der Waals surface area contributed by atoms with Gasteiger partial charge in [0.05, 0.1) is 17.9 Å². The van der Waals surface area contributed by atoms with E-state index in [9.17, 15) is 4.79 Å². The first kappa shape index (κ1) is 14.0. The third kappa shape index (κ3) is 2.96. The van der Waals surface area contributed by atoms with E-state index in [-0.39, 0.29) is 5.97 Å². The highest BCUT2D eigenvalue weighted by Crippen LogP contribution is 2.33. The molecule has 1 aromatic heterocycles. The molecule has 2 rings (SSSR count). The molecule has 0 atom stereocenters. The fourth-order valence-electron chi connectivity index (χ4n) is 1.81. The number of carbonyl (C=O) groups excluding carboxylic acids is 1. The van der Waals surface area contributed by atoms with E-state index in [2.05, 4.69) is 4.98 Å². The lowest BCUT2D eigenvalue weighted by atomic mass is 10.1. The second-order valence-electron chi connectivity index (χ2n) is 3.84. The minimum Gasteiger partial charge on any atom is -0.462 e. The van der Waals surface area contributed by atoms with Gasteiger partial charge >= 0.3 is 5.97 Å². The van der Waals surface area contributed by atoms with Crippen molar-refractivity contribution in [1.29, 1.82) is 0 Å². The Bertz CT molecular complexity index is 578. The number of aromatic amines is 1. The quantitative estimate of drug-likeness (QED) is 0.678. The standard InChI is InChI=1S/C14H14ClNO2S/c1-3-18-14(17)11-8-16-12(13(11)19-2)9-4-6-10(15)7-5-9/h4-8,16H,3H2,1-2H3. The van der Waals surface area contributed by atoms with Gasteiger partial charge in [-0.1, -0.05) is 23.7 Å². The van der Waals surface area contributed by atoms with E-state index in [4.69, 9.17) is 16.3 Å². The number of ether oxygens (including phenoxy) is 1. The van der Waals surface area contributed by atoms with Crippen molar-refractivity contribution in [2.75, 3.05) is 12.9 Å². The van der Waals surface area contributed by atoms with E-state index in [1.165, 1.54) is 11.8 Å². The summed E-state index contributed by atoms with van der Waals surface area (Å²) in [5.41, 5.74) is 2.47. The van der Waals surface area contributed by atoms with E-state index < -0.39 is 0 Å². The Balaban J connectivity index is 2.42. The van der Waals surface area contributed by atoms with Crippen molar-refractivity contribution >= 4 is 29.3 Å². The van der Waals surface area contributed by atoms with E-state index in [0.29, 0.717) is 17.2 Å². The maximum absolute atomic E-state index is 11.8. The number of thioether (sulfide) groups is 1. The monoisotopic (exact) mass is 295 g/mol. The molecule has 0 radical (unpaired) electrons. The van der Waals surface area contributed by atoms with E-state index in [1.54, 1.807) is 13.1 Å². The molecule has 2 aromatic rings. The second kappa shape index (κ2) is 6.17. The van der Waals surface area contributed by atoms with Gasteiger partial charge in [0.15, 0.2) is 0 Å². The number of esters is 1. The van der Waals surface area contributed by atoms with Crippen LogP contribution >= 0.6 is 23.4 Å². The molecule has 0 aliphatic heterocycles. The number of hydrogen-bond acceptors (Lipinski definition) is 3. The van der Waals surface area contributed by atoms with Crippen LogP contribution in [-0.4, -0.2) is 23.8 Å². The normalized spacial score (nSPS) is 10.5. The molecule has 0 aliphatic rings. The Morgan fingerprint density at radius 2 is 2.05 bits per heavy atom. The van der Waals surface area contributed by atoms with Gasteiger partial charge in [-0.15, -0.1) is 11.8 Å². The number of rotatable bonds is 4. The largest absolute Gasteiger partial charge is 0.462 e. The molecule has 5 heteroatoms. The Morgan fingerprint density at radius 1 is 1.37 bits per heavy atom. The smallest absolute Gasteiger partial charge is 0.340 e. The number of benzene rings is 1. The number of carbonyl (C=O) groups is 1. The van der Waals surface area contributed by atoms with Crippen LogP contribution in [0.1, 0.15) is 17.3 Å². The Hall–Kier alpha value is -1.39. The van der Waals surface area contributed by atoms with Crippen molar-refractivity contribution in [1.82, 2.24) is 4.98 Å². The van der Waals surface area contributed by atoms with Crippen LogP contribution in [0.25, 0.3) is 11.3 Å². The van der Waals surface area contributed by atoms with Crippen LogP contribution in [0.3, 0.4) is 0 Å². The van der Waals surface area contributed by atoms with Crippen molar-refractivity contribution in [3.63, 3.8) is 0 Å². The Morgan fingerprint density at radius 3 is 2.63 bits per heavy atom. The molecule has 0 saturated carbocycles. The predicted octanol–water partition coefficient (Wildman–Crippen LogP) is 4.23. The van der Waals surface area contributed by atoms with Gasteiger partial charge < -0.3 is 9.72 Å². The number of H-pyrrole nitrogens is 1. The molecule has 100 valence electrons. The number of aromatic nitrogens is 1. The van der Waals surface area contributed by atoms with Gasteiger partial charge in [0.1, 0.15) is 0 Å². The van der Waals surface area contributed by atoms with Crippen LogP contribution in [-0.2, 0) is 4.74 Å². The summed E-state index contributed by atoms with van der Waals surface area (Å²) >= 11 is 7.40. The zero-order chi connectivity index (χ0) is 13.8. The molecule has 0 saturated heterocycles. The van der Waals surface area contributed by atoms with E-state index in [1.807, 2.05) is 30.5 Å². The summed E-state index contributed by atoms with van der Waals surface area (Å²) in [6, 6.07) is 7.49. The molecule has 0 unspecified atom stereocenters. The van der Waals surface area contributed by atoms with E-state index >= 15 is 0 Å². The van der Waals surface area contributed by atoms with Gasteiger partial charge in [-0.2, -0.15) is 0 Å². The minimum absolute atomic E-state index is 0.302. The molecule has 0 fully saturated rings. The molecule has 1 heterocycles. The van der Waals surface area contributed by atoms with Gasteiger partial charge in [-0.3, -0.25) is 0 Å². The van der Waals surface area contributed by atoms with Crippen molar-refractivity contribution in [2.45, 2.75) is 11.8 Å². The number of nitrogens with one attached hydrogen (secondary N) is 1. The SMILES string of the molecule is CCOC(=O)c1c[nH]c(-c2ccc(Cl)cc2)c1SC. The van der Waals surface area contributed by atoms with Crippen LogP contribution < -0.4 is 0 Å². The lowest BCUT2D eigenvalue weighted by Crippen LogP contribution is -2.04. The highest BCUT2D eigenvalue weighted by molar-refractivity contribution is 7.98. The molecule has 0 bridgehead atoms. The first-order valence-corrected chi connectivity index (χ1v) is 7.46. The fourth-order valence-corrected chi connectivity index (χ4v) is 2.68. The van der Waals surface area contributed by atoms with Gasteiger partial charge in [0.2, 0.25) is 0 Å². The summed E-state index contributed by atoms with van der Waals surface area (Å²) in [5, 5.41) is 0.687. The molecule has 0 aliphatic carbocycles. The van der Waals surface area contributed by atoms with Crippen molar-refractivity contribution < 1.29 is 9.53 Å². The molecule has 1 aromatic carbocycles. The van der Waals surface area contributed by atoms with Gasteiger partial charge in [0.25, 0.3) is 0 Å². The Labute approximate surface area is 121 Å². The average molecular weight is 296 g/mol. The molecular weight excluding hydrogens is 282 g/mol. The van der Waals surface area contributed by atoms with Crippen molar-refractivity contribution in [3.8, 4) is 11.3 Å². The third-order valence-corrected chi connectivity index (χ3v) is 3.75. The van der Waals surface area contributed by atoms with Crippen LogP contribution in [0, 0.1) is 0 Å². The maximum Gasteiger partial charge on any atom is 0.340 e. The predicted molar refractivity (Wildman–Crippen MR) is 79.0 cm³/mol. The van der Waals surface area contributed by atoms with Gasteiger partial charge in [0, 0.05) is 16.1 Å². The highest BCUT2D eigenvalue weighted by atomic mass is 35.5. The molecule has 3 nitrogen and oxygen atoms in total. The molecular formula is C14H14ClNO2S. The van der Waals surface area contributed by atoms with Gasteiger partial charge in [-0.05, 0) is 30.9 Å². The van der Waals surface area contributed by atoms with Crippen molar-refractivity contribution in [3.05, 3.63) is 41.0 Å². The van der Waals surface area contributed by atoms with Crippen LogP contribution in [0.4, 0.5) is 0 Å². The first-order chi connectivity index (χ1) is 9.17. The topological polar surface area (TPSA) is 42.1 Å². The molecule has 0 amide bonds. The average Bonchev–Trinajstić information content (AvgIpc) is 2.83. The van der Waals surface area contributed by atoms with E-state index in [0.717, 1.165) is 16.2 Å². The summed E-state index contributed by atoms with van der Waals surface area (Å²) < 4.78 is 5.05. The number of halogens is 1. The lowest BCUT2D eigenvalue weighted by molar-refractivity contribution is 0.0523. The third-order valence-electron chi connectivity index (χ3n) is 2.66. The summed E-state index contributed by atoms with van der Waals surface area (Å²) in [5.74, 6) is -0.302. The minimum atomic E-state index is -0.302. The summed E-state index contributed by atoms with van der Waals surface area (Å²) in [6.45, 7) is 2.16. The summed E-state index contributed by atoms with van der Waals surface area (Å²) in [6.07, 6.45) is 3.62. The summed E-state index contributed by atoms with van der Waals surface area (Å²) in [7, 11) is 0. The zero-order valence-electron chi connectivity index (χ0n) is 10.7. The first-order valence-electron chi connectivity index (χ1n) is 5.85. The zero-order valence-corrected chi connectivity index (χ0v) is 12.3. The second-order valence-corrected chi connectivity index (χ2v) is 5.09. The fraction of sp³-hybridized carbons (Fsp3) is 0.214. The van der Waals surface area contributed by atoms with Crippen LogP contribution in [0.15, 0.2) is 35.4 Å². The lowest BCUT2D eigenvalue weighted by Gasteiger charge is -2.05. The molecule has 0 spiro atoms. The maximum atomic E-state index is 11.8. The van der Waals surface area contributed by atoms with Crippen molar-refractivity contribution in [2.24, 2.45) is 0 Å². The molecule has 1 N–H and O–H groups in total. The number of hydrogen-bond donors (Lipinski definition) is 1. The van der Waals surface area contributed by atoms with Gasteiger partial charge in [-0.25, -0.2) is 4.79 Å². The van der Waals surface area contributed by atoms with Crippen LogP contribution in [0.5, 0.6) is 0 Å². The summed E-state index contributed by atoms with van der Waals surface area (Å²) in [4.78, 5) is 15.9. The van der Waals surface area contributed by atoms with Crippen LogP contribution in [0.2, 0.25) is 5.02 Å². The highest BCUT2D eigenvalue weighted by Gasteiger charge is 2.18. The molecule has 19 heavy (non-hydrogen) atoms. The Kier molecular flexibility index (Phi) is 4.56.